The lowest BCUT2D eigenvalue weighted by molar-refractivity contribution is 0.114. The van der Waals surface area contributed by atoms with Crippen molar-refractivity contribution in [2.75, 3.05) is 13.1 Å². The van der Waals surface area contributed by atoms with Crippen molar-refractivity contribution in [2.24, 2.45) is 5.92 Å². The molecule has 4 heterocycles. The van der Waals surface area contributed by atoms with E-state index in [-0.39, 0.29) is 5.56 Å². The van der Waals surface area contributed by atoms with Crippen LogP contribution in [0.5, 0.6) is 0 Å². The largest absolute Gasteiger partial charge is 0.311 e. The van der Waals surface area contributed by atoms with Crippen LogP contribution < -0.4 is 5.56 Å². The Balaban J connectivity index is 1.30. The molecule has 2 aliphatic rings. The van der Waals surface area contributed by atoms with E-state index < -0.39 is 0 Å². The number of fused-ring (bicyclic) bond motifs is 5. The van der Waals surface area contributed by atoms with Crippen molar-refractivity contribution in [3.63, 3.8) is 0 Å². The van der Waals surface area contributed by atoms with Gasteiger partial charge in [-0.1, -0.05) is 30.3 Å². The van der Waals surface area contributed by atoms with E-state index in [2.05, 4.69) is 41.3 Å². The fraction of sp³-hybridized carbons (Fsp3) is 0.259. The number of piperidine rings is 1. The fourth-order valence-corrected chi connectivity index (χ4v) is 6.55. The maximum absolute atomic E-state index is 13.5. The van der Waals surface area contributed by atoms with E-state index in [1.54, 1.807) is 11.3 Å². The smallest absolute Gasteiger partial charge is 0.259 e. The first kappa shape index (κ1) is 19.5. The van der Waals surface area contributed by atoms with Gasteiger partial charge >= 0.3 is 0 Å². The molecule has 2 atom stereocenters. The van der Waals surface area contributed by atoms with E-state index in [0.29, 0.717) is 17.4 Å². The Hall–Kier alpha value is -3.20. The van der Waals surface area contributed by atoms with E-state index in [4.69, 9.17) is 0 Å². The van der Waals surface area contributed by atoms with Gasteiger partial charge in [-0.15, -0.1) is 11.3 Å². The van der Waals surface area contributed by atoms with Gasteiger partial charge in [-0.05, 0) is 59.7 Å². The molecule has 0 aliphatic carbocycles. The van der Waals surface area contributed by atoms with Crippen LogP contribution in [-0.4, -0.2) is 22.6 Å². The van der Waals surface area contributed by atoms with E-state index in [1.807, 2.05) is 41.0 Å². The van der Waals surface area contributed by atoms with Crippen LogP contribution in [0.1, 0.15) is 29.2 Å². The number of aromatic nitrogens is 1. The molecule has 32 heavy (non-hydrogen) atoms. The van der Waals surface area contributed by atoms with Crippen molar-refractivity contribution in [3.05, 3.63) is 93.9 Å². The van der Waals surface area contributed by atoms with Gasteiger partial charge in [0, 0.05) is 47.4 Å². The first-order valence-electron chi connectivity index (χ1n) is 11.1. The highest BCUT2D eigenvalue weighted by atomic mass is 32.1. The second kappa shape index (κ2) is 7.74. The molecule has 0 spiro atoms. The molecule has 6 rings (SSSR count). The third kappa shape index (κ3) is 3.37. The first-order chi connectivity index (χ1) is 15.7. The molecule has 2 unspecified atom stereocenters. The van der Waals surface area contributed by atoms with Gasteiger partial charge in [0.2, 0.25) is 0 Å². The highest BCUT2D eigenvalue weighted by Crippen LogP contribution is 2.37. The number of nitrogens with zero attached hydrogens (tertiary/aromatic N) is 3. The Morgan fingerprint density at radius 3 is 2.78 bits per heavy atom. The van der Waals surface area contributed by atoms with Gasteiger partial charge in [0.25, 0.3) is 5.56 Å². The van der Waals surface area contributed by atoms with Gasteiger partial charge in [-0.25, -0.2) is 0 Å². The van der Waals surface area contributed by atoms with Crippen LogP contribution in [0.25, 0.3) is 20.5 Å². The number of hydrogen-bond donors (Lipinski definition) is 0. The topological polar surface area (TPSA) is 49.0 Å². The zero-order chi connectivity index (χ0) is 21.7. The van der Waals surface area contributed by atoms with Crippen LogP contribution in [0.3, 0.4) is 0 Å². The minimum Gasteiger partial charge on any atom is -0.311 e. The zero-order valence-electron chi connectivity index (χ0n) is 17.7. The maximum atomic E-state index is 13.5. The van der Waals surface area contributed by atoms with Crippen molar-refractivity contribution in [1.29, 1.82) is 5.26 Å². The number of thiophene rings is 1. The Kier molecular flexibility index (Phi) is 4.71. The monoisotopic (exact) mass is 437 g/mol. The molecule has 2 bridgehead atoms. The molecule has 4 aromatic rings. The molecule has 0 N–H and O–H groups in total. The second-order valence-electron chi connectivity index (χ2n) is 9.04. The van der Waals surface area contributed by atoms with E-state index in [9.17, 15) is 10.1 Å². The summed E-state index contributed by atoms with van der Waals surface area (Å²) < 4.78 is 3.27. The molecule has 2 aromatic carbocycles. The summed E-state index contributed by atoms with van der Waals surface area (Å²) in [6, 6.07) is 24.8. The average Bonchev–Trinajstić information content (AvgIpc) is 3.24. The van der Waals surface area contributed by atoms with E-state index >= 15 is 0 Å². The summed E-state index contributed by atoms with van der Waals surface area (Å²) in [5, 5.41) is 10.4. The molecule has 0 radical (unpaired) electrons. The van der Waals surface area contributed by atoms with Gasteiger partial charge < -0.3 is 4.57 Å². The van der Waals surface area contributed by atoms with Crippen molar-refractivity contribution in [2.45, 2.75) is 25.4 Å². The molecule has 2 aliphatic heterocycles. The Morgan fingerprint density at radius 1 is 1.00 bits per heavy atom. The number of rotatable bonds is 3. The van der Waals surface area contributed by atoms with Crippen molar-refractivity contribution in [3.8, 4) is 16.5 Å². The van der Waals surface area contributed by atoms with Crippen molar-refractivity contribution < 1.29 is 0 Å². The van der Waals surface area contributed by atoms with Crippen LogP contribution in [0.4, 0.5) is 0 Å². The Morgan fingerprint density at radius 2 is 1.91 bits per heavy atom. The minimum atomic E-state index is 0.152. The SMILES string of the molecule is N#Cc1cccc(CN2CC3CC(C2)c2ccc(-c4cc5ccccc5s4)c(=O)n2C3)c1. The molecular formula is C27H23N3OS. The van der Waals surface area contributed by atoms with Crippen LogP contribution in [0.2, 0.25) is 0 Å². The molecule has 2 aromatic heterocycles. The summed E-state index contributed by atoms with van der Waals surface area (Å²) in [5.74, 6) is 0.863. The fourth-order valence-electron chi connectivity index (χ4n) is 5.47. The normalized spacial score (nSPS) is 20.1. The molecular weight excluding hydrogens is 414 g/mol. The Labute approximate surface area is 191 Å². The highest BCUT2D eigenvalue weighted by molar-refractivity contribution is 7.22. The summed E-state index contributed by atoms with van der Waals surface area (Å²) in [5.41, 5.74) is 4.04. The molecule has 4 nitrogen and oxygen atoms in total. The summed E-state index contributed by atoms with van der Waals surface area (Å²) in [6.07, 6.45) is 1.15. The summed E-state index contributed by atoms with van der Waals surface area (Å²) in [6.45, 7) is 3.59. The molecule has 0 amide bonds. The minimum absolute atomic E-state index is 0.152. The summed E-state index contributed by atoms with van der Waals surface area (Å²) >= 11 is 1.70. The Bertz CT molecular complexity index is 1390. The number of hydrogen-bond acceptors (Lipinski definition) is 4. The molecule has 1 fully saturated rings. The van der Waals surface area contributed by atoms with Crippen molar-refractivity contribution >= 4 is 21.4 Å². The maximum Gasteiger partial charge on any atom is 0.259 e. The molecule has 0 saturated carbocycles. The predicted octanol–water partition coefficient (Wildman–Crippen LogP) is 5.22. The average molecular weight is 438 g/mol. The standard InChI is InChI=1S/C27H23N3OS/c28-13-18-4-3-5-19(10-18)14-29-15-20-11-22(17-29)24-9-8-23(27(31)30(24)16-20)26-12-21-6-1-2-7-25(21)32-26/h1-10,12,20,22H,11,14-17H2. The third-order valence-corrected chi connectivity index (χ3v) is 7.98. The summed E-state index contributed by atoms with van der Waals surface area (Å²) in [4.78, 5) is 17.0. The van der Waals surface area contributed by atoms with Crippen LogP contribution >= 0.6 is 11.3 Å². The molecule has 1 saturated heterocycles. The van der Waals surface area contributed by atoms with Gasteiger partial charge in [0.15, 0.2) is 0 Å². The van der Waals surface area contributed by atoms with Crippen LogP contribution in [-0.2, 0) is 13.1 Å². The van der Waals surface area contributed by atoms with E-state index in [0.717, 1.165) is 43.0 Å². The van der Waals surface area contributed by atoms with Gasteiger partial charge in [0.05, 0.1) is 17.2 Å². The highest BCUT2D eigenvalue weighted by Gasteiger charge is 2.35. The zero-order valence-corrected chi connectivity index (χ0v) is 18.5. The van der Waals surface area contributed by atoms with Crippen LogP contribution in [0.15, 0.2) is 71.5 Å². The number of pyridine rings is 1. The second-order valence-corrected chi connectivity index (χ2v) is 10.1. The predicted molar refractivity (Wildman–Crippen MR) is 129 cm³/mol. The van der Waals surface area contributed by atoms with Gasteiger partial charge in [-0.2, -0.15) is 5.26 Å². The number of likely N-dealkylation sites (tertiary alicyclic amines) is 1. The lowest BCUT2D eigenvalue weighted by atomic mass is 9.82. The lowest BCUT2D eigenvalue weighted by Crippen LogP contribution is -2.46. The van der Waals surface area contributed by atoms with E-state index in [1.165, 1.54) is 21.3 Å². The third-order valence-electron chi connectivity index (χ3n) is 6.83. The number of benzene rings is 2. The van der Waals surface area contributed by atoms with Crippen molar-refractivity contribution in [1.82, 2.24) is 9.47 Å². The first-order valence-corrected chi connectivity index (χ1v) is 11.9. The van der Waals surface area contributed by atoms with Crippen LogP contribution in [0, 0.1) is 17.2 Å². The van der Waals surface area contributed by atoms with Gasteiger partial charge in [-0.3, -0.25) is 9.69 Å². The lowest BCUT2D eigenvalue weighted by Gasteiger charge is -2.43. The molecule has 158 valence electrons. The number of nitriles is 1. The summed E-state index contributed by atoms with van der Waals surface area (Å²) in [7, 11) is 0. The molecule has 5 heteroatoms. The van der Waals surface area contributed by atoms with Gasteiger partial charge in [0.1, 0.15) is 0 Å². The quantitative estimate of drug-likeness (QED) is 0.441.